The van der Waals surface area contributed by atoms with Crippen molar-refractivity contribution in [3.63, 3.8) is 0 Å². The molecule has 0 heterocycles. The summed E-state index contributed by atoms with van der Waals surface area (Å²) in [6, 6.07) is 10.3. The van der Waals surface area contributed by atoms with Crippen LogP contribution in [0, 0.1) is 0 Å². The van der Waals surface area contributed by atoms with Crippen LogP contribution in [0.5, 0.6) is 0 Å². The van der Waals surface area contributed by atoms with Crippen LogP contribution in [-0.4, -0.2) is 31.1 Å². The number of nitrogens with zero attached hydrogens (tertiary/aromatic N) is 1. The molecular weight excluding hydrogens is 200 g/mol. The Hall–Kier alpha value is -0.900. The van der Waals surface area contributed by atoms with E-state index >= 15 is 0 Å². The average molecular weight is 222 g/mol. The topological polar surface area (TPSA) is 24.5 Å². The highest BCUT2D eigenvalue weighted by Gasteiger charge is 1.97. The Morgan fingerprint density at radius 1 is 1.12 bits per heavy atom. The van der Waals surface area contributed by atoms with Crippen LogP contribution in [-0.2, 0) is 11.4 Å². The summed E-state index contributed by atoms with van der Waals surface area (Å²) in [5.41, 5.74) is 4.22. The normalized spacial score (nSPS) is 10.9. The van der Waals surface area contributed by atoms with Gasteiger partial charge < -0.3 is 9.74 Å². The summed E-state index contributed by atoms with van der Waals surface area (Å²) in [6.07, 6.45) is 0. The van der Waals surface area contributed by atoms with Crippen LogP contribution in [0.4, 0.5) is 0 Å². The number of hydrogen-bond donors (Lipinski definition) is 1. The molecule has 1 rings (SSSR count). The molecule has 16 heavy (non-hydrogen) atoms. The van der Waals surface area contributed by atoms with E-state index in [2.05, 4.69) is 36.4 Å². The van der Waals surface area contributed by atoms with Gasteiger partial charge in [0.05, 0.1) is 6.61 Å². The largest absolute Gasteiger partial charge is 0.302 e. The lowest BCUT2D eigenvalue weighted by molar-refractivity contribution is 0.0234. The third kappa shape index (κ3) is 5.26. The number of hydroxylamine groups is 1. The molecular formula is C13H22N2O. The highest BCUT2D eigenvalue weighted by atomic mass is 16.6. The summed E-state index contributed by atoms with van der Waals surface area (Å²) in [4.78, 5) is 7.72. The van der Waals surface area contributed by atoms with Crippen LogP contribution in [0.3, 0.4) is 0 Å². The molecule has 0 saturated carbocycles. The number of nitrogens with one attached hydrogen (secondary N) is 1. The van der Waals surface area contributed by atoms with Gasteiger partial charge in [-0.05, 0) is 18.7 Å². The summed E-state index contributed by atoms with van der Waals surface area (Å²) in [5, 5.41) is 0. The molecule has 0 unspecified atom stereocenters. The van der Waals surface area contributed by atoms with Gasteiger partial charge in [-0.2, -0.15) is 5.48 Å². The standard InChI is InChI=1S/C13H22N2O/c1-3-15(4-2)10-11-16-14-12-13-8-6-5-7-9-13/h5-9,14H,3-4,10-12H2,1-2H3. The maximum Gasteiger partial charge on any atom is 0.0809 e. The fourth-order valence-electron chi connectivity index (χ4n) is 1.52. The highest BCUT2D eigenvalue weighted by Crippen LogP contribution is 1.96. The van der Waals surface area contributed by atoms with Crippen molar-refractivity contribution < 1.29 is 4.84 Å². The molecule has 0 atom stereocenters. The van der Waals surface area contributed by atoms with E-state index in [4.69, 9.17) is 4.84 Å². The third-order valence-corrected chi connectivity index (χ3v) is 2.63. The fraction of sp³-hybridized carbons (Fsp3) is 0.538. The van der Waals surface area contributed by atoms with Crippen molar-refractivity contribution in [2.24, 2.45) is 0 Å². The monoisotopic (exact) mass is 222 g/mol. The van der Waals surface area contributed by atoms with Gasteiger partial charge in [0.2, 0.25) is 0 Å². The molecule has 1 aromatic carbocycles. The SMILES string of the molecule is CCN(CC)CCONCc1ccccc1. The lowest BCUT2D eigenvalue weighted by Crippen LogP contribution is -2.29. The molecule has 90 valence electrons. The maximum atomic E-state index is 5.38. The van der Waals surface area contributed by atoms with E-state index < -0.39 is 0 Å². The first-order valence-corrected chi connectivity index (χ1v) is 5.97. The van der Waals surface area contributed by atoms with Crippen molar-refractivity contribution in [1.82, 2.24) is 10.4 Å². The van der Waals surface area contributed by atoms with Gasteiger partial charge in [0.25, 0.3) is 0 Å². The van der Waals surface area contributed by atoms with E-state index in [9.17, 15) is 0 Å². The van der Waals surface area contributed by atoms with E-state index in [0.29, 0.717) is 0 Å². The second-order valence-electron chi connectivity index (χ2n) is 3.68. The Labute approximate surface area is 98.4 Å². The molecule has 0 aromatic heterocycles. The molecule has 0 fully saturated rings. The van der Waals surface area contributed by atoms with Crippen LogP contribution in [0.25, 0.3) is 0 Å². The molecule has 0 aliphatic carbocycles. The molecule has 1 aromatic rings. The number of hydrogen-bond acceptors (Lipinski definition) is 3. The molecule has 0 amide bonds. The summed E-state index contributed by atoms with van der Waals surface area (Å²) in [6.45, 7) is 8.97. The first-order valence-electron chi connectivity index (χ1n) is 5.97. The quantitative estimate of drug-likeness (QED) is 0.538. The summed E-state index contributed by atoms with van der Waals surface area (Å²) in [7, 11) is 0. The minimum atomic E-state index is 0.731. The van der Waals surface area contributed by atoms with Crippen LogP contribution < -0.4 is 5.48 Å². The third-order valence-electron chi connectivity index (χ3n) is 2.63. The first kappa shape index (κ1) is 13.2. The van der Waals surface area contributed by atoms with Gasteiger partial charge in [-0.25, -0.2) is 0 Å². The molecule has 1 N–H and O–H groups in total. The fourth-order valence-corrected chi connectivity index (χ4v) is 1.52. The Morgan fingerprint density at radius 3 is 2.44 bits per heavy atom. The summed E-state index contributed by atoms with van der Waals surface area (Å²) >= 11 is 0. The molecule has 0 bridgehead atoms. The van der Waals surface area contributed by atoms with E-state index in [1.807, 2.05) is 18.2 Å². The molecule has 0 spiro atoms. The number of benzene rings is 1. The zero-order chi connectivity index (χ0) is 11.6. The van der Waals surface area contributed by atoms with Crippen LogP contribution in [0.15, 0.2) is 30.3 Å². The molecule has 0 radical (unpaired) electrons. The van der Waals surface area contributed by atoms with Gasteiger partial charge in [0.1, 0.15) is 0 Å². The first-order chi connectivity index (χ1) is 7.86. The van der Waals surface area contributed by atoms with Gasteiger partial charge in [0, 0.05) is 13.1 Å². The van der Waals surface area contributed by atoms with Crippen LogP contribution in [0.2, 0.25) is 0 Å². The van der Waals surface area contributed by atoms with Crippen molar-refractivity contribution in [1.29, 1.82) is 0 Å². The second kappa shape index (κ2) is 8.28. The Balaban J connectivity index is 2.04. The predicted octanol–water partition coefficient (Wildman–Crippen LogP) is 2.05. The minimum absolute atomic E-state index is 0.731. The maximum absolute atomic E-state index is 5.38. The minimum Gasteiger partial charge on any atom is -0.302 e. The van der Waals surface area contributed by atoms with Gasteiger partial charge in [-0.15, -0.1) is 0 Å². The van der Waals surface area contributed by atoms with Crippen molar-refractivity contribution in [2.45, 2.75) is 20.4 Å². The van der Waals surface area contributed by atoms with E-state index in [1.165, 1.54) is 5.56 Å². The molecule has 3 heteroatoms. The van der Waals surface area contributed by atoms with E-state index in [-0.39, 0.29) is 0 Å². The highest BCUT2D eigenvalue weighted by molar-refractivity contribution is 5.13. The summed E-state index contributed by atoms with van der Waals surface area (Å²) in [5.74, 6) is 0. The molecule has 0 saturated heterocycles. The van der Waals surface area contributed by atoms with Crippen molar-refractivity contribution >= 4 is 0 Å². The number of rotatable bonds is 8. The smallest absolute Gasteiger partial charge is 0.0809 e. The molecule has 3 nitrogen and oxygen atoms in total. The molecule has 0 aliphatic heterocycles. The van der Waals surface area contributed by atoms with Gasteiger partial charge in [-0.3, -0.25) is 0 Å². The zero-order valence-electron chi connectivity index (χ0n) is 10.3. The average Bonchev–Trinajstić information content (AvgIpc) is 2.35. The van der Waals surface area contributed by atoms with Gasteiger partial charge in [0.15, 0.2) is 0 Å². The summed E-state index contributed by atoms with van der Waals surface area (Å²) < 4.78 is 0. The Morgan fingerprint density at radius 2 is 1.81 bits per heavy atom. The van der Waals surface area contributed by atoms with Crippen molar-refractivity contribution in [3.8, 4) is 0 Å². The Bertz CT molecular complexity index is 260. The van der Waals surface area contributed by atoms with Gasteiger partial charge in [-0.1, -0.05) is 44.2 Å². The lowest BCUT2D eigenvalue weighted by Gasteiger charge is -2.17. The predicted molar refractivity (Wildman–Crippen MR) is 67.0 cm³/mol. The van der Waals surface area contributed by atoms with Crippen molar-refractivity contribution in [3.05, 3.63) is 35.9 Å². The van der Waals surface area contributed by atoms with E-state index in [1.54, 1.807) is 0 Å². The Kier molecular flexibility index (Phi) is 6.81. The lowest BCUT2D eigenvalue weighted by atomic mass is 10.2. The second-order valence-corrected chi connectivity index (χ2v) is 3.68. The zero-order valence-corrected chi connectivity index (χ0v) is 10.3. The van der Waals surface area contributed by atoms with Gasteiger partial charge >= 0.3 is 0 Å². The van der Waals surface area contributed by atoms with Crippen molar-refractivity contribution in [2.75, 3.05) is 26.2 Å². The van der Waals surface area contributed by atoms with Crippen LogP contribution >= 0.6 is 0 Å². The van der Waals surface area contributed by atoms with Crippen LogP contribution in [0.1, 0.15) is 19.4 Å². The van der Waals surface area contributed by atoms with E-state index in [0.717, 1.165) is 32.8 Å². The molecule has 0 aliphatic rings. The number of likely N-dealkylation sites (N-methyl/N-ethyl adjacent to an activating group) is 1.